The van der Waals surface area contributed by atoms with Crippen LogP contribution in [0.4, 0.5) is 10.3 Å². The van der Waals surface area contributed by atoms with Crippen LogP contribution in [0.15, 0.2) is 6.33 Å². The first kappa shape index (κ1) is 16.8. The smallest absolute Gasteiger partial charge is 0.303 e. The van der Waals surface area contributed by atoms with Gasteiger partial charge in [0.25, 0.3) is 0 Å². The fraction of sp³-hybridized carbons (Fsp3) is 0.538. The van der Waals surface area contributed by atoms with Crippen molar-refractivity contribution < 1.29 is 23.8 Å². The predicted molar refractivity (Wildman–Crippen MR) is 80.8 cm³/mol. The number of hydrogen-bond donors (Lipinski definition) is 2. The van der Waals surface area contributed by atoms with E-state index in [0.29, 0.717) is 0 Å². The zero-order chi connectivity index (χ0) is 17.4. The topological polar surface area (TPSA) is 125 Å². The van der Waals surface area contributed by atoms with Gasteiger partial charge in [-0.05, 0) is 0 Å². The fourth-order valence-corrected chi connectivity index (χ4v) is 3.01. The Hall–Kier alpha value is -2.04. The summed E-state index contributed by atoms with van der Waals surface area (Å²) < 4.78 is 25.7. The maximum absolute atomic E-state index is 13.4. The van der Waals surface area contributed by atoms with E-state index in [-0.39, 0.29) is 22.3 Å². The quantitative estimate of drug-likeness (QED) is 0.596. The molecule has 0 aliphatic carbocycles. The Morgan fingerprint density at radius 3 is 2.96 bits per heavy atom. The standard InChI is InChI=1S/C13H15ClFN5O4/c1-5(22)23-9-6(2-15)7(3-21)24-12(9)20-4-17-8-10(14)18-13(16)19-11(8)20/h4,6-7,9,12,21H,2-3H2,1H3,(H2,16,18,19)/t6-,7-,9-,12-/m1/s1. The molecule has 1 saturated heterocycles. The lowest BCUT2D eigenvalue weighted by Crippen LogP contribution is -2.33. The molecule has 0 spiro atoms. The Morgan fingerprint density at radius 2 is 2.33 bits per heavy atom. The normalized spacial score (nSPS) is 26.8. The van der Waals surface area contributed by atoms with Gasteiger partial charge in [0.1, 0.15) is 5.52 Å². The minimum Gasteiger partial charge on any atom is -0.457 e. The third-order valence-corrected chi connectivity index (χ3v) is 4.09. The first-order valence-corrected chi connectivity index (χ1v) is 7.49. The number of carbonyl (C=O) groups is 1. The molecular formula is C13H15ClFN5O4. The SMILES string of the molecule is CC(=O)O[C@@H]1[C@H](CF)[C@@H](CO)O[C@H]1n1cnc2c(Cl)nc(N)nc21. The summed E-state index contributed by atoms with van der Waals surface area (Å²) in [6.07, 6.45) is -1.36. The van der Waals surface area contributed by atoms with Gasteiger partial charge in [0, 0.05) is 6.92 Å². The Balaban J connectivity index is 2.07. The van der Waals surface area contributed by atoms with E-state index in [2.05, 4.69) is 15.0 Å². The van der Waals surface area contributed by atoms with Crippen molar-refractivity contribution >= 4 is 34.7 Å². The second-order valence-electron chi connectivity index (χ2n) is 5.34. The molecule has 3 rings (SSSR count). The van der Waals surface area contributed by atoms with E-state index in [9.17, 15) is 14.3 Å². The predicted octanol–water partition coefficient (Wildman–Crippen LogP) is 0.469. The van der Waals surface area contributed by atoms with Crippen LogP contribution in [0, 0.1) is 5.92 Å². The zero-order valence-corrected chi connectivity index (χ0v) is 13.4. The molecule has 0 bridgehead atoms. The molecule has 4 atom stereocenters. The molecule has 0 unspecified atom stereocenters. The minimum atomic E-state index is -0.961. The third kappa shape index (κ3) is 2.76. The highest BCUT2D eigenvalue weighted by atomic mass is 35.5. The number of nitrogen functional groups attached to an aromatic ring is 1. The summed E-state index contributed by atoms with van der Waals surface area (Å²) in [5.41, 5.74) is 6.13. The van der Waals surface area contributed by atoms with Crippen LogP contribution >= 0.6 is 11.6 Å². The third-order valence-electron chi connectivity index (χ3n) is 3.83. The highest BCUT2D eigenvalue weighted by Gasteiger charge is 2.48. The Labute approximate surface area is 140 Å². The van der Waals surface area contributed by atoms with E-state index in [1.54, 1.807) is 0 Å². The lowest BCUT2D eigenvalue weighted by molar-refractivity contribution is -0.153. The number of ether oxygens (including phenoxy) is 2. The van der Waals surface area contributed by atoms with Crippen LogP contribution in [0.1, 0.15) is 13.2 Å². The van der Waals surface area contributed by atoms with Crippen molar-refractivity contribution in [3.63, 3.8) is 0 Å². The molecule has 2 aromatic heterocycles. The van der Waals surface area contributed by atoms with Gasteiger partial charge in [-0.25, -0.2) is 4.98 Å². The molecule has 0 radical (unpaired) electrons. The number of carbonyl (C=O) groups excluding carboxylic acids is 1. The monoisotopic (exact) mass is 359 g/mol. The summed E-state index contributed by atoms with van der Waals surface area (Å²) in [6, 6.07) is 0. The zero-order valence-electron chi connectivity index (χ0n) is 12.6. The van der Waals surface area contributed by atoms with Crippen LogP contribution in [0.2, 0.25) is 5.15 Å². The van der Waals surface area contributed by atoms with Gasteiger partial charge in [-0.2, -0.15) is 9.97 Å². The molecule has 9 nitrogen and oxygen atoms in total. The summed E-state index contributed by atoms with van der Waals surface area (Å²) in [5.74, 6) is -1.49. The number of hydrogen-bond acceptors (Lipinski definition) is 8. The van der Waals surface area contributed by atoms with Gasteiger partial charge in [0.2, 0.25) is 5.95 Å². The molecule has 3 N–H and O–H groups in total. The van der Waals surface area contributed by atoms with Crippen LogP contribution < -0.4 is 5.73 Å². The molecule has 1 aliphatic heterocycles. The Morgan fingerprint density at radius 1 is 1.58 bits per heavy atom. The fourth-order valence-electron chi connectivity index (χ4n) is 2.79. The molecule has 3 heterocycles. The number of nitrogens with two attached hydrogens (primary N) is 1. The maximum atomic E-state index is 13.4. The maximum Gasteiger partial charge on any atom is 0.303 e. The van der Waals surface area contributed by atoms with E-state index >= 15 is 0 Å². The summed E-state index contributed by atoms with van der Waals surface area (Å²) in [7, 11) is 0. The van der Waals surface area contributed by atoms with E-state index in [4.69, 9.17) is 26.8 Å². The molecule has 11 heteroatoms. The number of esters is 1. The summed E-state index contributed by atoms with van der Waals surface area (Å²) in [4.78, 5) is 23.3. The average molecular weight is 360 g/mol. The largest absolute Gasteiger partial charge is 0.457 e. The van der Waals surface area contributed by atoms with Gasteiger partial charge in [-0.15, -0.1) is 0 Å². The number of imidazole rings is 1. The number of alkyl halides is 1. The summed E-state index contributed by atoms with van der Waals surface area (Å²) in [6.45, 7) is -0.0425. The number of halogens is 2. The first-order valence-electron chi connectivity index (χ1n) is 7.11. The van der Waals surface area contributed by atoms with Crippen LogP contribution in [-0.4, -0.2) is 56.1 Å². The van der Waals surface area contributed by atoms with Gasteiger partial charge in [0.05, 0.1) is 31.6 Å². The van der Waals surface area contributed by atoms with Crippen molar-refractivity contribution in [1.82, 2.24) is 19.5 Å². The number of nitrogens with zero attached hydrogens (tertiary/aromatic N) is 4. The highest BCUT2D eigenvalue weighted by Crippen LogP contribution is 2.38. The van der Waals surface area contributed by atoms with Crippen LogP contribution in [-0.2, 0) is 14.3 Å². The number of anilines is 1. The number of rotatable bonds is 4. The summed E-state index contributed by atoms with van der Waals surface area (Å²) >= 11 is 5.98. The van der Waals surface area contributed by atoms with Gasteiger partial charge in [-0.3, -0.25) is 13.8 Å². The van der Waals surface area contributed by atoms with Crippen LogP contribution in [0.25, 0.3) is 11.2 Å². The van der Waals surface area contributed by atoms with E-state index in [0.717, 1.165) is 0 Å². The first-order chi connectivity index (χ1) is 11.5. The molecule has 24 heavy (non-hydrogen) atoms. The van der Waals surface area contributed by atoms with Crippen molar-refractivity contribution in [1.29, 1.82) is 0 Å². The Bertz CT molecular complexity index is 772. The van der Waals surface area contributed by atoms with Crippen molar-refractivity contribution in [2.45, 2.75) is 25.4 Å². The van der Waals surface area contributed by atoms with Crippen molar-refractivity contribution in [2.24, 2.45) is 5.92 Å². The van der Waals surface area contributed by atoms with Gasteiger partial charge >= 0.3 is 5.97 Å². The van der Waals surface area contributed by atoms with Gasteiger partial charge < -0.3 is 20.3 Å². The molecule has 0 aromatic carbocycles. The molecule has 1 aliphatic rings. The van der Waals surface area contributed by atoms with Gasteiger partial charge in [-0.1, -0.05) is 11.6 Å². The average Bonchev–Trinajstić information content (AvgIpc) is 3.07. The molecule has 0 saturated carbocycles. The van der Waals surface area contributed by atoms with Crippen LogP contribution in [0.5, 0.6) is 0 Å². The van der Waals surface area contributed by atoms with E-state index in [1.807, 2.05) is 0 Å². The van der Waals surface area contributed by atoms with Crippen molar-refractivity contribution in [2.75, 3.05) is 19.0 Å². The molecule has 130 valence electrons. The minimum absolute atomic E-state index is 0.0547. The lowest BCUT2D eigenvalue weighted by atomic mass is 10.00. The molecule has 1 fully saturated rings. The van der Waals surface area contributed by atoms with E-state index in [1.165, 1.54) is 17.8 Å². The van der Waals surface area contributed by atoms with Crippen LogP contribution in [0.3, 0.4) is 0 Å². The Kier molecular flexibility index (Phi) is 4.52. The number of aliphatic hydroxyl groups is 1. The number of aliphatic hydroxyl groups excluding tert-OH is 1. The molecule has 0 amide bonds. The van der Waals surface area contributed by atoms with E-state index < -0.39 is 43.6 Å². The second kappa shape index (κ2) is 6.46. The highest BCUT2D eigenvalue weighted by molar-refractivity contribution is 6.33. The van der Waals surface area contributed by atoms with Gasteiger partial charge in [0.15, 0.2) is 23.1 Å². The van der Waals surface area contributed by atoms with Crippen molar-refractivity contribution in [3.8, 4) is 0 Å². The lowest BCUT2D eigenvalue weighted by Gasteiger charge is -2.22. The molecule has 2 aromatic rings. The molecular weight excluding hydrogens is 345 g/mol. The van der Waals surface area contributed by atoms with Crippen molar-refractivity contribution in [3.05, 3.63) is 11.5 Å². The number of fused-ring (bicyclic) bond motifs is 1. The second-order valence-corrected chi connectivity index (χ2v) is 5.69. The number of aromatic nitrogens is 4. The summed E-state index contributed by atoms with van der Waals surface area (Å²) in [5, 5.41) is 9.47.